The van der Waals surface area contributed by atoms with E-state index >= 15 is 0 Å². The Balaban J connectivity index is 2.21. The Bertz CT molecular complexity index is 193. The van der Waals surface area contributed by atoms with Gasteiger partial charge >= 0.3 is 0 Å². The number of hydrogen-bond donors (Lipinski definition) is 2. The van der Waals surface area contributed by atoms with Crippen LogP contribution in [0.4, 0.5) is 0 Å². The van der Waals surface area contributed by atoms with Crippen LogP contribution in [0.25, 0.3) is 0 Å². The van der Waals surface area contributed by atoms with Crippen LogP contribution in [0, 0.1) is 0 Å². The van der Waals surface area contributed by atoms with Crippen LogP contribution in [0.3, 0.4) is 0 Å². The van der Waals surface area contributed by atoms with Gasteiger partial charge in [-0.1, -0.05) is 0 Å². The third kappa shape index (κ3) is 0.926. The minimum Gasteiger partial charge on any atom is -0.365 e. The molecular weight excluding hydrogens is 126 g/mol. The molecule has 0 saturated carbocycles. The van der Waals surface area contributed by atoms with Gasteiger partial charge in [-0.15, -0.1) is 0 Å². The van der Waals surface area contributed by atoms with E-state index in [0.717, 1.165) is 26.2 Å². The number of aliphatic imine (C=N–C) groups is 1. The molecule has 2 N–H and O–H groups in total. The van der Waals surface area contributed by atoms with Crippen LogP contribution in [0.2, 0.25) is 0 Å². The molecule has 2 rings (SSSR count). The first-order valence-corrected chi connectivity index (χ1v) is 3.65. The predicted molar refractivity (Wildman–Crippen MR) is 41.0 cm³/mol. The number of nitrogens with zero attached hydrogens (tertiary/aromatic N) is 1. The molecule has 0 fully saturated rings. The van der Waals surface area contributed by atoms with E-state index in [1.54, 1.807) is 0 Å². The van der Waals surface area contributed by atoms with Gasteiger partial charge in [0.2, 0.25) is 0 Å². The SMILES string of the molecule is C1=C2NCN=C2CCNC1. The van der Waals surface area contributed by atoms with E-state index in [0.29, 0.717) is 0 Å². The minimum atomic E-state index is 0.779. The van der Waals surface area contributed by atoms with Gasteiger partial charge in [0.15, 0.2) is 0 Å². The van der Waals surface area contributed by atoms with Gasteiger partial charge in [0, 0.05) is 19.5 Å². The van der Waals surface area contributed by atoms with E-state index < -0.39 is 0 Å². The average Bonchev–Trinajstić information content (AvgIpc) is 2.28. The number of fused-ring (bicyclic) bond motifs is 1. The van der Waals surface area contributed by atoms with Crippen molar-refractivity contribution in [2.75, 3.05) is 19.8 Å². The predicted octanol–water partition coefficient (Wildman–Crippen LogP) is -0.135. The molecule has 3 heteroatoms. The van der Waals surface area contributed by atoms with E-state index in [1.165, 1.54) is 11.4 Å². The normalized spacial score (nSPS) is 24.0. The molecule has 0 aromatic heterocycles. The van der Waals surface area contributed by atoms with Crippen LogP contribution in [-0.2, 0) is 0 Å². The molecule has 2 aliphatic heterocycles. The molecule has 0 aliphatic carbocycles. The second kappa shape index (κ2) is 2.42. The Morgan fingerprint density at radius 3 is 3.50 bits per heavy atom. The standard InChI is InChI=1S/C7H11N3/c1-3-8-4-2-7-6(1)9-5-10-7/h1,8-9H,2-5H2. The summed E-state index contributed by atoms with van der Waals surface area (Å²) in [4.78, 5) is 4.31. The molecule has 0 unspecified atom stereocenters. The van der Waals surface area contributed by atoms with Crippen LogP contribution < -0.4 is 10.6 Å². The molecule has 10 heavy (non-hydrogen) atoms. The van der Waals surface area contributed by atoms with Gasteiger partial charge in [0.05, 0.1) is 11.4 Å². The molecule has 0 saturated heterocycles. The lowest BCUT2D eigenvalue weighted by molar-refractivity contribution is 0.774. The number of allylic oxidation sites excluding steroid dienone is 1. The molecule has 0 spiro atoms. The highest BCUT2D eigenvalue weighted by atomic mass is 15.1. The third-order valence-electron chi connectivity index (χ3n) is 1.84. The fraction of sp³-hybridized carbons (Fsp3) is 0.571. The summed E-state index contributed by atoms with van der Waals surface area (Å²) in [6.45, 7) is 2.81. The maximum Gasteiger partial charge on any atom is 0.108 e. The van der Waals surface area contributed by atoms with Crippen LogP contribution >= 0.6 is 0 Å². The molecule has 0 bridgehead atoms. The number of nitrogens with one attached hydrogen (secondary N) is 2. The smallest absolute Gasteiger partial charge is 0.108 e. The van der Waals surface area contributed by atoms with E-state index in [4.69, 9.17) is 0 Å². The van der Waals surface area contributed by atoms with E-state index in [2.05, 4.69) is 21.7 Å². The van der Waals surface area contributed by atoms with Crippen LogP contribution in [-0.4, -0.2) is 25.5 Å². The minimum absolute atomic E-state index is 0.779. The lowest BCUT2D eigenvalue weighted by Gasteiger charge is -1.96. The summed E-state index contributed by atoms with van der Waals surface area (Å²) >= 11 is 0. The summed E-state index contributed by atoms with van der Waals surface area (Å²) in [6.07, 6.45) is 3.23. The fourth-order valence-corrected chi connectivity index (χ4v) is 1.29. The maximum absolute atomic E-state index is 4.31. The van der Waals surface area contributed by atoms with Gasteiger partial charge in [-0.3, -0.25) is 4.99 Å². The van der Waals surface area contributed by atoms with Crippen molar-refractivity contribution in [3.8, 4) is 0 Å². The number of rotatable bonds is 0. The van der Waals surface area contributed by atoms with E-state index in [-0.39, 0.29) is 0 Å². The molecule has 3 nitrogen and oxygen atoms in total. The van der Waals surface area contributed by atoms with Gasteiger partial charge in [-0.05, 0) is 6.08 Å². The Kier molecular flexibility index (Phi) is 1.43. The zero-order valence-electron chi connectivity index (χ0n) is 5.85. The summed E-state index contributed by atoms with van der Waals surface area (Å²) in [5.74, 6) is 0. The Morgan fingerprint density at radius 1 is 1.50 bits per heavy atom. The Morgan fingerprint density at radius 2 is 2.50 bits per heavy atom. The molecule has 0 amide bonds. The Labute approximate surface area is 60.2 Å². The highest BCUT2D eigenvalue weighted by Crippen LogP contribution is 2.06. The quantitative estimate of drug-likeness (QED) is 0.488. The molecule has 0 radical (unpaired) electrons. The highest BCUT2D eigenvalue weighted by Gasteiger charge is 2.13. The van der Waals surface area contributed by atoms with Gasteiger partial charge in [-0.2, -0.15) is 0 Å². The van der Waals surface area contributed by atoms with Crippen molar-refractivity contribution in [3.63, 3.8) is 0 Å². The van der Waals surface area contributed by atoms with Crippen molar-refractivity contribution in [1.29, 1.82) is 0 Å². The average molecular weight is 137 g/mol. The molecule has 0 atom stereocenters. The summed E-state index contributed by atoms with van der Waals surface area (Å²) < 4.78 is 0. The monoisotopic (exact) mass is 137 g/mol. The zero-order chi connectivity index (χ0) is 6.81. The van der Waals surface area contributed by atoms with E-state index in [1.807, 2.05) is 0 Å². The third-order valence-corrected chi connectivity index (χ3v) is 1.84. The van der Waals surface area contributed by atoms with Crippen molar-refractivity contribution in [1.82, 2.24) is 10.6 Å². The Hall–Kier alpha value is -0.830. The highest BCUT2D eigenvalue weighted by molar-refractivity contribution is 6.01. The van der Waals surface area contributed by atoms with Gasteiger partial charge in [0.25, 0.3) is 0 Å². The first-order valence-electron chi connectivity index (χ1n) is 3.65. The topological polar surface area (TPSA) is 36.4 Å². The van der Waals surface area contributed by atoms with Crippen LogP contribution in [0.5, 0.6) is 0 Å². The van der Waals surface area contributed by atoms with Crippen LogP contribution in [0.15, 0.2) is 16.8 Å². The van der Waals surface area contributed by atoms with Crippen LogP contribution in [0.1, 0.15) is 6.42 Å². The summed E-state index contributed by atoms with van der Waals surface area (Å²) in [5, 5.41) is 6.49. The second-order valence-electron chi connectivity index (χ2n) is 2.51. The number of hydrogen-bond acceptors (Lipinski definition) is 3. The van der Waals surface area contributed by atoms with Gasteiger partial charge < -0.3 is 10.6 Å². The fourth-order valence-electron chi connectivity index (χ4n) is 1.29. The second-order valence-corrected chi connectivity index (χ2v) is 2.51. The maximum atomic E-state index is 4.31. The summed E-state index contributed by atoms with van der Waals surface area (Å²) in [5.41, 5.74) is 2.48. The van der Waals surface area contributed by atoms with Crippen molar-refractivity contribution >= 4 is 5.71 Å². The van der Waals surface area contributed by atoms with Crippen molar-refractivity contribution < 1.29 is 0 Å². The lowest BCUT2D eigenvalue weighted by atomic mass is 10.2. The molecular formula is C7H11N3. The van der Waals surface area contributed by atoms with Crippen molar-refractivity contribution in [2.24, 2.45) is 4.99 Å². The molecule has 2 heterocycles. The first-order chi connectivity index (χ1) is 4.97. The molecule has 2 aliphatic rings. The van der Waals surface area contributed by atoms with Gasteiger partial charge in [0.1, 0.15) is 6.67 Å². The molecule has 0 aromatic rings. The summed E-state index contributed by atoms with van der Waals surface area (Å²) in [7, 11) is 0. The lowest BCUT2D eigenvalue weighted by Crippen LogP contribution is -2.14. The first kappa shape index (κ1) is 5.92. The zero-order valence-corrected chi connectivity index (χ0v) is 5.85. The van der Waals surface area contributed by atoms with E-state index in [9.17, 15) is 0 Å². The summed E-state index contributed by atoms with van der Waals surface area (Å²) in [6, 6.07) is 0. The van der Waals surface area contributed by atoms with Gasteiger partial charge in [-0.25, -0.2) is 0 Å². The van der Waals surface area contributed by atoms with Crippen molar-refractivity contribution in [3.05, 3.63) is 11.8 Å². The molecule has 0 aromatic carbocycles. The van der Waals surface area contributed by atoms with Crippen molar-refractivity contribution in [2.45, 2.75) is 6.42 Å². The largest absolute Gasteiger partial charge is 0.365 e. The molecule has 54 valence electrons.